The van der Waals surface area contributed by atoms with Crippen LogP contribution in [-0.4, -0.2) is 23.0 Å². The topological polar surface area (TPSA) is 66.4 Å². The van der Waals surface area contributed by atoms with Gasteiger partial charge in [-0.2, -0.15) is 0 Å². The van der Waals surface area contributed by atoms with Crippen molar-refractivity contribution in [1.29, 1.82) is 0 Å². The Kier molecular flexibility index (Phi) is 7.04. The number of nitrogens with one attached hydrogen (secondary N) is 1. The maximum atomic E-state index is 13.0. The average molecular weight is 398 g/mol. The smallest absolute Gasteiger partial charge is 0.303 e. The molecule has 2 unspecified atom stereocenters. The first-order valence-electron chi connectivity index (χ1n) is 9.85. The molecule has 2 aromatic rings. The molecule has 0 fully saturated rings. The first-order chi connectivity index (χ1) is 13.6. The molecule has 4 nitrogen and oxygen atoms in total. The van der Waals surface area contributed by atoms with Gasteiger partial charge in [0.15, 0.2) is 0 Å². The second-order valence-electron chi connectivity index (χ2n) is 7.38. The average Bonchev–Trinajstić information content (AvgIpc) is 3.06. The molecule has 1 aliphatic rings. The molecule has 5 heteroatoms. The summed E-state index contributed by atoms with van der Waals surface area (Å²) in [7, 11) is 0. The highest BCUT2D eigenvalue weighted by atomic mass is 32.1. The normalized spacial score (nSPS) is 19.3. The van der Waals surface area contributed by atoms with Gasteiger partial charge in [-0.1, -0.05) is 36.4 Å². The van der Waals surface area contributed by atoms with Gasteiger partial charge >= 0.3 is 5.97 Å². The maximum Gasteiger partial charge on any atom is 0.303 e. The molecule has 0 saturated heterocycles. The molecule has 1 heterocycles. The van der Waals surface area contributed by atoms with Crippen LogP contribution in [0.5, 0.6) is 0 Å². The Hall–Kier alpha value is -2.40. The molecule has 1 aromatic carbocycles. The predicted molar refractivity (Wildman–Crippen MR) is 115 cm³/mol. The third kappa shape index (κ3) is 5.10. The van der Waals surface area contributed by atoms with E-state index in [9.17, 15) is 9.59 Å². The molecule has 2 N–H and O–H groups in total. The van der Waals surface area contributed by atoms with Gasteiger partial charge in [-0.15, -0.1) is 11.3 Å². The number of fused-ring (bicyclic) bond motifs is 1. The summed E-state index contributed by atoms with van der Waals surface area (Å²) in [6, 6.07) is 6.05. The summed E-state index contributed by atoms with van der Waals surface area (Å²) in [6.07, 6.45) is 12.9. The van der Waals surface area contributed by atoms with Crippen LogP contribution < -0.4 is 5.32 Å². The minimum Gasteiger partial charge on any atom is -0.481 e. The molecule has 0 spiro atoms. The number of carboxylic acid groups (broad SMARTS) is 1. The number of rotatable bonds is 8. The van der Waals surface area contributed by atoms with Crippen LogP contribution in [0.2, 0.25) is 0 Å². The van der Waals surface area contributed by atoms with Crippen molar-refractivity contribution in [2.45, 2.75) is 51.5 Å². The number of carbonyl (C=O) groups is 2. The fourth-order valence-electron chi connectivity index (χ4n) is 3.68. The fraction of sp³-hybridized carbons (Fsp3) is 0.391. The molecule has 148 valence electrons. The van der Waals surface area contributed by atoms with E-state index < -0.39 is 5.97 Å². The van der Waals surface area contributed by atoms with Crippen LogP contribution in [-0.2, 0) is 4.79 Å². The quantitative estimate of drug-likeness (QED) is 0.458. The van der Waals surface area contributed by atoms with Crippen molar-refractivity contribution in [3.05, 3.63) is 59.0 Å². The summed E-state index contributed by atoms with van der Waals surface area (Å²) in [5, 5.41) is 15.2. The minimum absolute atomic E-state index is 0.00295. The van der Waals surface area contributed by atoms with Gasteiger partial charge in [0.05, 0.1) is 5.56 Å². The Bertz CT molecular complexity index is 896. The van der Waals surface area contributed by atoms with Gasteiger partial charge in [0.1, 0.15) is 0 Å². The van der Waals surface area contributed by atoms with Gasteiger partial charge in [-0.25, -0.2) is 0 Å². The molecule has 2 atom stereocenters. The largest absolute Gasteiger partial charge is 0.481 e. The van der Waals surface area contributed by atoms with Crippen LogP contribution in [0, 0.1) is 12.8 Å². The Morgan fingerprint density at radius 2 is 2.07 bits per heavy atom. The summed E-state index contributed by atoms with van der Waals surface area (Å²) in [5.74, 6) is -0.373. The lowest BCUT2D eigenvalue weighted by molar-refractivity contribution is -0.137. The monoisotopic (exact) mass is 397 g/mol. The van der Waals surface area contributed by atoms with Crippen molar-refractivity contribution in [1.82, 2.24) is 5.32 Å². The number of amides is 1. The van der Waals surface area contributed by atoms with Crippen LogP contribution in [0.3, 0.4) is 0 Å². The van der Waals surface area contributed by atoms with Crippen molar-refractivity contribution in [3.8, 4) is 0 Å². The van der Waals surface area contributed by atoms with Crippen molar-refractivity contribution in [2.75, 3.05) is 0 Å². The molecule has 0 aliphatic heterocycles. The van der Waals surface area contributed by atoms with Gasteiger partial charge in [-0.05, 0) is 67.3 Å². The van der Waals surface area contributed by atoms with E-state index in [1.165, 1.54) is 5.56 Å². The second-order valence-corrected chi connectivity index (χ2v) is 8.26. The summed E-state index contributed by atoms with van der Waals surface area (Å²) < 4.78 is 1.05. The number of benzene rings is 1. The molecule has 0 saturated carbocycles. The summed E-state index contributed by atoms with van der Waals surface area (Å²) in [6.45, 7) is 2.07. The molecule has 1 amide bonds. The van der Waals surface area contributed by atoms with E-state index in [-0.39, 0.29) is 18.4 Å². The van der Waals surface area contributed by atoms with Gasteiger partial charge in [0.2, 0.25) is 0 Å². The number of hydrogen-bond donors (Lipinski definition) is 2. The molecule has 0 radical (unpaired) electrons. The van der Waals surface area contributed by atoms with Gasteiger partial charge in [-0.3, -0.25) is 9.59 Å². The maximum absolute atomic E-state index is 13.0. The number of aliphatic carboxylic acids is 1. The fourth-order valence-corrected chi connectivity index (χ4v) is 4.74. The van der Waals surface area contributed by atoms with Crippen molar-refractivity contribution < 1.29 is 14.7 Å². The summed E-state index contributed by atoms with van der Waals surface area (Å²) >= 11 is 1.63. The molecule has 1 aromatic heterocycles. The highest BCUT2D eigenvalue weighted by Crippen LogP contribution is 2.29. The Labute approximate surface area is 170 Å². The first kappa shape index (κ1) is 20.3. The molecule has 3 rings (SSSR count). The summed E-state index contributed by atoms with van der Waals surface area (Å²) in [5.41, 5.74) is 1.97. The van der Waals surface area contributed by atoms with E-state index in [0.717, 1.165) is 41.3 Å². The van der Waals surface area contributed by atoms with Crippen LogP contribution in [0.15, 0.2) is 47.9 Å². The number of carboxylic acids is 1. The lowest BCUT2D eigenvalue weighted by atomic mass is 9.86. The van der Waals surface area contributed by atoms with Crippen molar-refractivity contribution in [2.24, 2.45) is 5.92 Å². The molecular formula is C23H27NO3S. The van der Waals surface area contributed by atoms with Crippen LogP contribution in [0.1, 0.15) is 54.4 Å². The van der Waals surface area contributed by atoms with Crippen LogP contribution in [0.25, 0.3) is 10.1 Å². The lowest BCUT2D eigenvalue weighted by Crippen LogP contribution is -2.41. The number of unbranched alkanes of at least 4 members (excludes halogenated alkanes) is 1. The van der Waals surface area contributed by atoms with Crippen LogP contribution in [0.4, 0.5) is 0 Å². The van der Waals surface area contributed by atoms with E-state index in [1.807, 2.05) is 12.1 Å². The van der Waals surface area contributed by atoms with E-state index in [4.69, 9.17) is 5.11 Å². The highest BCUT2D eigenvalue weighted by Gasteiger charge is 2.24. The standard InChI is InChI=1S/C23H27NO3S/c1-16-15-28-22-18(16)11-8-12-19(22)23(27)24-20-13-7-6-10-17(20)9-4-2-3-5-14-21(25)26/h2,4,6-8,11-12,15,17,20H,3,5,9-10,13-14H2,1H3,(H,24,27)(H,25,26)/b4-2-. The van der Waals surface area contributed by atoms with Crippen molar-refractivity contribution >= 4 is 33.3 Å². The molecule has 28 heavy (non-hydrogen) atoms. The number of carbonyl (C=O) groups excluding carboxylic acids is 1. The Balaban J connectivity index is 1.61. The highest BCUT2D eigenvalue weighted by molar-refractivity contribution is 7.17. The summed E-state index contributed by atoms with van der Waals surface area (Å²) in [4.78, 5) is 23.5. The van der Waals surface area contributed by atoms with E-state index in [1.54, 1.807) is 11.3 Å². The number of hydrogen-bond acceptors (Lipinski definition) is 3. The van der Waals surface area contributed by atoms with Crippen molar-refractivity contribution in [3.63, 3.8) is 0 Å². The van der Waals surface area contributed by atoms with E-state index in [2.05, 4.69) is 48.0 Å². The zero-order chi connectivity index (χ0) is 19.9. The Morgan fingerprint density at radius 3 is 2.89 bits per heavy atom. The third-order valence-corrected chi connectivity index (χ3v) is 6.43. The number of thiophene rings is 1. The SMILES string of the molecule is Cc1csc2c(C(=O)NC3CC=CCC3C/C=C\CCCC(=O)O)cccc12. The van der Waals surface area contributed by atoms with Gasteiger partial charge in [0.25, 0.3) is 5.91 Å². The third-order valence-electron chi connectivity index (χ3n) is 5.29. The van der Waals surface area contributed by atoms with Gasteiger partial charge < -0.3 is 10.4 Å². The zero-order valence-electron chi connectivity index (χ0n) is 16.2. The Morgan fingerprint density at radius 1 is 1.25 bits per heavy atom. The lowest BCUT2D eigenvalue weighted by Gasteiger charge is -2.28. The minimum atomic E-state index is -0.746. The second kappa shape index (κ2) is 9.69. The van der Waals surface area contributed by atoms with Crippen LogP contribution >= 0.6 is 11.3 Å². The molecule has 1 aliphatic carbocycles. The number of allylic oxidation sites excluding steroid dienone is 3. The molecule has 0 bridgehead atoms. The number of aryl methyl sites for hydroxylation is 1. The zero-order valence-corrected chi connectivity index (χ0v) is 17.0. The molecular weight excluding hydrogens is 370 g/mol. The predicted octanol–water partition coefficient (Wildman–Crippen LogP) is 5.48. The van der Waals surface area contributed by atoms with E-state index >= 15 is 0 Å². The van der Waals surface area contributed by atoms with Gasteiger partial charge in [0, 0.05) is 17.2 Å². The van der Waals surface area contributed by atoms with E-state index in [0.29, 0.717) is 12.3 Å². The first-order valence-corrected chi connectivity index (χ1v) is 10.7.